The van der Waals surface area contributed by atoms with Crippen LogP contribution in [0.2, 0.25) is 0 Å². The summed E-state index contributed by atoms with van der Waals surface area (Å²) >= 11 is 8.48. The molecule has 0 saturated carbocycles. The average molecular weight is 214 g/mol. The third-order valence-electron chi connectivity index (χ3n) is 1.53. The van der Waals surface area contributed by atoms with Crippen molar-refractivity contribution in [1.82, 2.24) is 0 Å². The number of thiol groups is 2. The standard InChI is InChI=1S/C8H15OS2.Na/c9-6-3-1-2-4-8(11)5-7-10;/h8,10-11H,1-5,7H2;/q-1;+1. The predicted molar refractivity (Wildman–Crippen MR) is 55.4 cm³/mol. The van der Waals surface area contributed by atoms with Gasteiger partial charge in [-0.3, -0.25) is 6.29 Å². The first-order chi connectivity index (χ1) is 5.31. The van der Waals surface area contributed by atoms with E-state index in [9.17, 15) is 4.79 Å². The van der Waals surface area contributed by atoms with Gasteiger partial charge in [-0.25, -0.2) is 0 Å². The molecule has 66 valence electrons. The number of rotatable bonds is 7. The molecule has 1 atom stereocenters. The summed E-state index contributed by atoms with van der Waals surface area (Å²) in [6, 6.07) is 0. The van der Waals surface area contributed by atoms with Gasteiger partial charge in [-0.05, 0) is 18.6 Å². The summed E-state index contributed by atoms with van der Waals surface area (Å²) in [4.78, 5) is 9.82. The molecule has 0 aliphatic carbocycles. The third-order valence-corrected chi connectivity index (χ3v) is 2.30. The minimum Gasteiger partial charge on any atom is -0.542 e. The molecule has 0 aliphatic rings. The van der Waals surface area contributed by atoms with E-state index in [1.165, 1.54) is 0 Å². The zero-order chi connectivity index (χ0) is 8.53. The van der Waals surface area contributed by atoms with Crippen LogP contribution in [-0.2, 0) is 4.79 Å². The molecule has 0 aliphatic heterocycles. The van der Waals surface area contributed by atoms with Crippen molar-refractivity contribution >= 4 is 31.5 Å². The fourth-order valence-corrected chi connectivity index (χ4v) is 1.70. The second-order valence-electron chi connectivity index (χ2n) is 2.56. The minimum atomic E-state index is 0. The van der Waals surface area contributed by atoms with E-state index in [-0.39, 0.29) is 29.6 Å². The molecule has 1 nitrogen and oxygen atoms in total. The summed E-state index contributed by atoms with van der Waals surface area (Å²) in [5.74, 6) is 0.897. The van der Waals surface area contributed by atoms with Gasteiger partial charge in [0, 0.05) is 5.25 Å². The molecule has 4 heteroatoms. The number of carbonyl (C=O) groups excluding carboxylic acids is 1. The minimum absolute atomic E-state index is 0. The summed E-state index contributed by atoms with van der Waals surface area (Å²) in [6.07, 6.45) is 6.63. The van der Waals surface area contributed by atoms with Gasteiger partial charge in [0.25, 0.3) is 0 Å². The second kappa shape index (κ2) is 12.4. The molecule has 0 saturated heterocycles. The van der Waals surface area contributed by atoms with Crippen molar-refractivity contribution < 1.29 is 34.4 Å². The summed E-state index contributed by atoms with van der Waals surface area (Å²) < 4.78 is 0. The Morgan fingerprint density at radius 3 is 2.42 bits per heavy atom. The average Bonchev–Trinajstić information content (AvgIpc) is 1.99. The maximum absolute atomic E-state index is 9.82. The molecule has 12 heavy (non-hydrogen) atoms. The summed E-state index contributed by atoms with van der Waals surface area (Å²) in [7, 11) is 0. The normalized spacial score (nSPS) is 11.8. The molecule has 0 N–H and O–H groups in total. The van der Waals surface area contributed by atoms with Crippen LogP contribution in [0, 0.1) is 0 Å². The number of unbranched alkanes of at least 4 members (excludes halogenated alkanes) is 2. The molecule has 0 bridgehead atoms. The summed E-state index contributed by atoms with van der Waals surface area (Å²) in [5, 5.41) is 0.458. The quantitative estimate of drug-likeness (QED) is 0.247. The van der Waals surface area contributed by atoms with Gasteiger partial charge >= 0.3 is 29.6 Å². The van der Waals surface area contributed by atoms with E-state index in [0.717, 1.165) is 31.4 Å². The molecule has 1 unspecified atom stereocenters. The maximum atomic E-state index is 9.82. The first-order valence-corrected chi connectivity index (χ1v) is 5.10. The Morgan fingerprint density at radius 2 is 1.92 bits per heavy atom. The van der Waals surface area contributed by atoms with E-state index in [0.29, 0.717) is 11.7 Å². The monoisotopic (exact) mass is 214 g/mol. The van der Waals surface area contributed by atoms with Gasteiger partial charge in [-0.2, -0.15) is 31.7 Å². The summed E-state index contributed by atoms with van der Waals surface area (Å²) in [5.41, 5.74) is 0. The van der Waals surface area contributed by atoms with E-state index in [1.807, 2.05) is 6.29 Å². The van der Waals surface area contributed by atoms with Crippen LogP contribution < -0.4 is 29.6 Å². The molecule has 0 fully saturated rings. The van der Waals surface area contributed by atoms with Crippen LogP contribution in [0.15, 0.2) is 0 Å². The smallest absolute Gasteiger partial charge is 0.542 e. The van der Waals surface area contributed by atoms with Crippen LogP contribution in [0.4, 0.5) is 0 Å². The van der Waals surface area contributed by atoms with Crippen LogP contribution >= 0.6 is 25.3 Å². The van der Waals surface area contributed by atoms with E-state index in [1.54, 1.807) is 0 Å². The fraction of sp³-hybridized carbons (Fsp3) is 0.875. The Balaban J connectivity index is 0. The molecule has 0 aromatic carbocycles. The van der Waals surface area contributed by atoms with Gasteiger partial charge in [-0.1, -0.05) is 12.8 Å². The first-order valence-electron chi connectivity index (χ1n) is 3.95. The van der Waals surface area contributed by atoms with Crippen molar-refractivity contribution in [3.05, 3.63) is 0 Å². The maximum Gasteiger partial charge on any atom is 1.00 e. The van der Waals surface area contributed by atoms with Gasteiger partial charge in [-0.15, -0.1) is 0 Å². The summed E-state index contributed by atoms with van der Waals surface area (Å²) in [6.45, 7) is 0. The third kappa shape index (κ3) is 11.4. The van der Waals surface area contributed by atoms with Gasteiger partial charge in [0.15, 0.2) is 0 Å². The Bertz CT molecular complexity index is 101. The van der Waals surface area contributed by atoms with Crippen molar-refractivity contribution in [3.63, 3.8) is 0 Å². The first kappa shape index (κ1) is 15.8. The van der Waals surface area contributed by atoms with Crippen molar-refractivity contribution in [2.75, 3.05) is 5.75 Å². The number of hydrogen-bond acceptors (Lipinski definition) is 3. The Labute approximate surface area is 108 Å². The van der Waals surface area contributed by atoms with Crippen molar-refractivity contribution in [1.29, 1.82) is 0 Å². The van der Waals surface area contributed by atoms with Crippen LogP contribution in [0.1, 0.15) is 32.1 Å². The van der Waals surface area contributed by atoms with E-state index >= 15 is 0 Å². The predicted octanol–water partition coefficient (Wildman–Crippen LogP) is -0.721. The van der Waals surface area contributed by atoms with Crippen LogP contribution in [0.5, 0.6) is 0 Å². The zero-order valence-corrected chi connectivity index (χ0v) is 11.4. The fourth-order valence-electron chi connectivity index (χ4n) is 0.870. The Kier molecular flexibility index (Phi) is 16.3. The molecule has 0 spiro atoms. The molecular formula is C8H15NaOS2. The molecule has 0 rings (SSSR count). The molecular weight excluding hydrogens is 199 g/mol. The van der Waals surface area contributed by atoms with Gasteiger partial charge in [0.1, 0.15) is 0 Å². The molecule has 0 heterocycles. The van der Waals surface area contributed by atoms with Gasteiger partial charge in [0.05, 0.1) is 0 Å². The number of hydrogen-bond donors (Lipinski definition) is 2. The SMILES string of the molecule is O=[C-]CCCCC(S)CCS.[Na+]. The largest absolute Gasteiger partial charge is 1.00 e. The molecule has 0 aromatic rings. The van der Waals surface area contributed by atoms with Crippen molar-refractivity contribution in [2.45, 2.75) is 37.4 Å². The molecule has 0 amide bonds. The van der Waals surface area contributed by atoms with Crippen LogP contribution in [0.25, 0.3) is 0 Å². The van der Waals surface area contributed by atoms with E-state index < -0.39 is 0 Å². The molecule has 0 radical (unpaired) electrons. The topological polar surface area (TPSA) is 17.1 Å². The Morgan fingerprint density at radius 1 is 1.25 bits per heavy atom. The zero-order valence-electron chi connectivity index (χ0n) is 7.62. The van der Waals surface area contributed by atoms with Gasteiger partial charge < -0.3 is 4.79 Å². The molecule has 0 aromatic heterocycles. The van der Waals surface area contributed by atoms with Crippen molar-refractivity contribution in [2.24, 2.45) is 0 Å². The Hall–Kier alpha value is 1.37. The van der Waals surface area contributed by atoms with E-state index in [4.69, 9.17) is 0 Å². The van der Waals surface area contributed by atoms with E-state index in [2.05, 4.69) is 25.3 Å². The van der Waals surface area contributed by atoms with Gasteiger partial charge in [0.2, 0.25) is 0 Å². The second-order valence-corrected chi connectivity index (χ2v) is 3.73. The van der Waals surface area contributed by atoms with Crippen LogP contribution in [-0.4, -0.2) is 17.3 Å². The van der Waals surface area contributed by atoms with Crippen LogP contribution in [0.3, 0.4) is 0 Å². The van der Waals surface area contributed by atoms with Crippen molar-refractivity contribution in [3.8, 4) is 0 Å².